The number of hydrogen-bond donors (Lipinski definition) is 1. The molecule has 0 aromatic heterocycles. The van der Waals surface area contributed by atoms with Gasteiger partial charge in [-0.2, -0.15) is 0 Å². The summed E-state index contributed by atoms with van der Waals surface area (Å²) in [5.41, 5.74) is 0.296. The van der Waals surface area contributed by atoms with Gasteiger partial charge >= 0.3 is 0 Å². The lowest BCUT2D eigenvalue weighted by Gasteiger charge is -2.32. The summed E-state index contributed by atoms with van der Waals surface area (Å²) in [5.74, 6) is 0.0974. The average Bonchev–Trinajstić information content (AvgIpc) is 2.53. The zero-order valence-corrected chi connectivity index (χ0v) is 9.71. The highest BCUT2D eigenvalue weighted by Crippen LogP contribution is 2.39. The molecule has 4 heteroatoms. The van der Waals surface area contributed by atoms with E-state index in [4.69, 9.17) is 0 Å². The van der Waals surface area contributed by atoms with Crippen LogP contribution in [-0.4, -0.2) is 29.8 Å². The predicted molar refractivity (Wildman–Crippen MR) is 60.4 cm³/mol. The van der Waals surface area contributed by atoms with E-state index in [1.807, 2.05) is 11.8 Å². The van der Waals surface area contributed by atoms with Crippen LogP contribution >= 0.6 is 0 Å². The van der Waals surface area contributed by atoms with Gasteiger partial charge in [-0.05, 0) is 19.3 Å². The van der Waals surface area contributed by atoms with Gasteiger partial charge in [0.2, 0.25) is 11.8 Å². The van der Waals surface area contributed by atoms with Crippen LogP contribution in [0.2, 0.25) is 0 Å². The second kappa shape index (κ2) is 3.92. The molecule has 0 aromatic carbocycles. The van der Waals surface area contributed by atoms with Crippen LogP contribution < -0.4 is 5.32 Å². The monoisotopic (exact) mass is 222 g/mol. The van der Waals surface area contributed by atoms with Gasteiger partial charge in [-0.3, -0.25) is 9.59 Å². The van der Waals surface area contributed by atoms with E-state index in [1.165, 1.54) is 0 Å². The Labute approximate surface area is 95.7 Å². The lowest BCUT2D eigenvalue weighted by molar-refractivity contribution is -0.133. The number of piperidine rings is 1. The molecule has 4 nitrogen and oxygen atoms in total. The van der Waals surface area contributed by atoms with Gasteiger partial charge in [-0.15, -0.1) is 0 Å². The number of hydrogen-bond acceptors (Lipinski definition) is 2. The first-order valence-electron chi connectivity index (χ1n) is 5.84. The Morgan fingerprint density at radius 2 is 2.25 bits per heavy atom. The number of likely N-dealkylation sites (tertiary alicyclic amines) is 1. The molecule has 1 atom stereocenters. The van der Waals surface area contributed by atoms with E-state index < -0.39 is 5.41 Å². The molecular weight excluding hydrogens is 204 g/mol. The number of amides is 2. The van der Waals surface area contributed by atoms with Gasteiger partial charge in [0.05, 0.1) is 5.41 Å². The molecular formula is C12H18N2O2. The largest absolute Gasteiger partial charge is 0.342 e. The maximum atomic E-state index is 12.0. The highest BCUT2D eigenvalue weighted by Gasteiger charge is 2.49. The van der Waals surface area contributed by atoms with Crippen LogP contribution in [-0.2, 0) is 9.59 Å². The lowest BCUT2D eigenvalue weighted by atomic mass is 9.78. The Kier molecular flexibility index (Phi) is 2.74. The van der Waals surface area contributed by atoms with Crippen molar-refractivity contribution in [3.05, 3.63) is 12.3 Å². The van der Waals surface area contributed by atoms with Gasteiger partial charge in [-0.25, -0.2) is 0 Å². The second-order valence-electron chi connectivity index (χ2n) is 4.83. The van der Waals surface area contributed by atoms with Crippen molar-refractivity contribution in [3.8, 4) is 0 Å². The summed E-state index contributed by atoms with van der Waals surface area (Å²) in [6.07, 6.45) is 2.85. The van der Waals surface area contributed by atoms with E-state index in [1.54, 1.807) is 0 Å². The van der Waals surface area contributed by atoms with E-state index in [9.17, 15) is 9.59 Å². The standard InChI is InChI=1S/C12H18N2O2/c1-3-6-14-8-12(7-10(14)15)5-4-9(2)13-11(12)16/h2-8H2,1H3,(H,13,16). The average molecular weight is 222 g/mol. The molecule has 1 unspecified atom stereocenters. The molecule has 0 aliphatic carbocycles. The Hall–Kier alpha value is -1.32. The van der Waals surface area contributed by atoms with Crippen LogP contribution in [0.4, 0.5) is 0 Å². The Balaban J connectivity index is 2.13. The molecule has 2 fully saturated rings. The summed E-state index contributed by atoms with van der Waals surface area (Å²) in [6.45, 7) is 7.15. The second-order valence-corrected chi connectivity index (χ2v) is 4.83. The summed E-state index contributed by atoms with van der Waals surface area (Å²) in [6, 6.07) is 0. The molecule has 2 heterocycles. The summed E-state index contributed by atoms with van der Waals surface area (Å²) in [4.78, 5) is 25.6. The Morgan fingerprint density at radius 3 is 2.88 bits per heavy atom. The molecule has 2 saturated heterocycles. The molecule has 0 saturated carbocycles. The first kappa shape index (κ1) is 11.2. The minimum absolute atomic E-state index is 0.0179. The van der Waals surface area contributed by atoms with Gasteiger partial charge in [0.1, 0.15) is 0 Å². The zero-order chi connectivity index (χ0) is 11.8. The molecule has 1 spiro atoms. The fraction of sp³-hybridized carbons (Fsp3) is 0.667. The molecule has 2 aliphatic heterocycles. The van der Waals surface area contributed by atoms with E-state index in [2.05, 4.69) is 11.9 Å². The molecule has 2 amide bonds. The van der Waals surface area contributed by atoms with Crippen LogP contribution in [0.3, 0.4) is 0 Å². The Bertz CT molecular complexity index is 351. The van der Waals surface area contributed by atoms with Crippen molar-refractivity contribution in [2.45, 2.75) is 32.6 Å². The van der Waals surface area contributed by atoms with Crippen molar-refractivity contribution in [1.29, 1.82) is 0 Å². The van der Waals surface area contributed by atoms with Gasteiger partial charge < -0.3 is 10.2 Å². The summed E-state index contributed by atoms with van der Waals surface area (Å²) >= 11 is 0. The van der Waals surface area contributed by atoms with Gasteiger partial charge in [0, 0.05) is 25.2 Å². The fourth-order valence-electron chi connectivity index (χ4n) is 2.56. The third-order valence-electron chi connectivity index (χ3n) is 3.51. The fourth-order valence-corrected chi connectivity index (χ4v) is 2.56. The summed E-state index contributed by atoms with van der Waals surface area (Å²) < 4.78 is 0. The quantitative estimate of drug-likeness (QED) is 0.759. The molecule has 2 aliphatic rings. The molecule has 2 rings (SSSR count). The van der Waals surface area contributed by atoms with E-state index in [0.717, 1.165) is 31.5 Å². The van der Waals surface area contributed by atoms with Gasteiger partial charge in [-0.1, -0.05) is 13.5 Å². The number of allylic oxidation sites excluding steroid dienone is 1. The van der Waals surface area contributed by atoms with Crippen LogP contribution in [0.25, 0.3) is 0 Å². The molecule has 0 radical (unpaired) electrons. The van der Waals surface area contributed by atoms with Crippen molar-refractivity contribution < 1.29 is 9.59 Å². The maximum Gasteiger partial charge on any atom is 0.232 e. The third-order valence-corrected chi connectivity index (χ3v) is 3.51. The first-order chi connectivity index (χ1) is 7.57. The first-order valence-corrected chi connectivity index (χ1v) is 5.84. The molecule has 0 aromatic rings. The van der Waals surface area contributed by atoms with Crippen molar-refractivity contribution in [2.75, 3.05) is 13.1 Å². The van der Waals surface area contributed by atoms with Crippen LogP contribution in [0, 0.1) is 5.41 Å². The number of carbonyl (C=O) groups excluding carboxylic acids is 2. The summed E-state index contributed by atoms with van der Waals surface area (Å²) in [7, 11) is 0. The van der Waals surface area contributed by atoms with Crippen molar-refractivity contribution in [1.82, 2.24) is 10.2 Å². The SMILES string of the molecule is C=C1CCC2(CC(=O)N(CCC)C2)C(=O)N1. The molecule has 1 N–H and O–H groups in total. The highest BCUT2D eigenvalue weighted by molar-refractivity contribution is 5.93. The topological polar surface area (TPSA) is 49.4 Å². The summed E-state index contributed by atoms with van der Waals surface area (Å²) in [5, 5.41) is 2.78. The number of rotatable bonds is 2. The normalized spacial score (nSPS) is 30.1. The smallest absolute Gasteiger partial charge is 0.232 e. The molecule has 16 heavy (non-hydrogen) atoms. The molecule has 0 bridgehead atoms. The number of nitrogens with one attached hydrogen (secondary N) is 1. The minimum Gasteiger partial charge on any atom is -0.342 e. The van der Waals surface area contributed by atoms with Crippen LogP contribution in [0.15, 0.2) is 12.3 Å². The molecule has 88 valence electrons. The maximum absolute atomic E-state index is 12.0. The predicted octanol–water partition coefficient (Wildman–Crippen LogP) is 1.04. The van der Waals surface area contributed by atoms with E-state index in [-0.39, 0.29) is 11.8 Å². The van der Waals surface area contributed by atoms with Crippen molar-refractivity contribution in [3.63, 3.8) is 0 Å². The third kappa shape index (κ3) is 1.72. The lowest BCUT2D eigenvalue weighted by Crippen LogP contribution is -2.46. The zero-order valence-electron chi connectivity index (χ0n) is 9.71. The highest BCUT2D eigenvalue weighted by atomic mass is 16.2. The van der Waals surface area contributed by atoms with E-state index in [0.29, 0.717) is 13.0 Å². The van der Waals surface area contributed by atoms with Crippen molar-refractivity contribution >= 4 is 11.8 Å². The Morgan fingerprint density at radius 1 is 1.50 bits per heavy atom. The van der Waals surface area contributed by atoms with Crippen LogP contribution in [0.1, 0.15) is 32.6 Å². The van der Waals surface area contributed by atoms with Crippen LogP contribution in [0.5, 0.6) is 0 Å². The van der Waals surface area contributed by atoms with Gasteiger partial charge in [0.25, 0.3) is 0 Å². The van der Waals surface area contributed by atoms with Gasteiger partial charge in [0.15, 0.2) is 0 Å². The van der Waals surface area contributed by atoms with E-state index >= 15 is 0 Å². The number of nitrogens with zero attached hydrogens (tertiary/aromatic N) is 1. The van der Waals surface area contributed by atoms with Crippen molar-refractivity contribution in [2.24, 2.45) is 5.41 Å². The number of carbonyl (C=O) groups is 2. The minimum atomic E-state index is -0.479.